The van der Waals surface area contributed by atoms with Gasteiger partial charge in [-0.3, -0.25) is 0 Å². The first-order valence-corrected chi connectivity index (χ1v) is 21.8. The summed E-state index contributed by atoms with van der Waals surface area (Å²) in [6.07, 6.45) is 50.8. The van der Waals surface area contributed by atoms with Crippen LogP contribution in [0.3, 0.4) is 0 Å². The smallest absolute Gasteiger partial charge is 0.0820 e. The molecule has 0 heterocycles. The molecule has 0 fully saturated rings. The van der Waals surface area contributed by atoms with E-state index in [4.69, 9.17) is 9.47 Å². The monoisotopic (exact) mass is 701 g/mol. The third-order valence-corrected chi connectivity index (χ3v) is 9.57. The quantitative estimate of drug-likeness (QED) is 0.0469. The molecule has 1 atom stereocenters. The Bertz CT molecular complexity index is 759. The highest BCUT2D eigenvalue weighted by molar-refractivity contribution is 4.93. The van der Waals surface area contributed by atoms with Gasteiger partial charge in [0.05, 0.1) is 12.7 Å². The molecule has 0 aliphatic heterocycles. The largest absolute Gasteiger partial charge is 0.379 e. The summed E-state index contributed by atoms with van der Waals surface area (Å²) in [4.78, 5) is 4.83. The van der Waals surface area contributed by atoms with E-state index >= 15 is 0 Å². The highest BCUT2D eigenvalue weighted by Crippen LogP contribution is 2.12. The van der Waals surface area contributed by atoms with Gasteiger partial charge in [-0.15, -0.1) is 0 Å². The molecule has 0 bridgehead atoms. The third kappa shape index (κ3) is 39.6. The van der Waals surface area contributed by atoms with E-state index < -0.39 is 0 Å². The molecule has 0 aromatic heterocycles. The summed E-state index contributed by atoms with van der Waals surface area (Å²) in [5.41, 5.74) is 0. The van der Waals surface area contributed by atoms with Crippen LogP contribution in [-0.2, 0) is 9.47 Å². The lowest BCUT2D eigenvalue weighted by molar-refractivity contribution is -0.0262. The first-order valence-electron chi connectivity index (χ1n) is 21.8. The van der Waals surface area contributed by atoms with Crippen molar-refractivity contribution in [3.63, 3.8) is 0 Å². The van der Waals surface area contributed by atoms with E-state index in [1.54, 1.807) is 0 Å². The fourth-order valence-electron chi connectivity index (χ4n) is 6.06. The number of hydrogen-bond donors (Lipinski definition) is 0. The lowest BCUT2D eigenvalue weighted by atomic mass is 10.1. The van der Waals surface area contributed by atoms with Gasteiger partial charge in [0, 0.05) is 32.8 Å². The fraction of sp³-hybridized carbons (Fsp3) is 0.826. The molecule has 0 saturated carbocycles. The summed E-state index contributed by atoms with van der Waals surface area (Å²) >= 11 is 0. The van der Waals surface area contributed by atoms with Crippen LogP contribution in [0.5, 0.6) is 0 Å². The molecule has 0 amide bonds. The molecule has 0 spiro atoms. The summed E-state index contributed by atoms with van der Waals surface area (Å²) in [6, 6.07) is 0. The first-order chi connectivity index (χ1) is 24.6. The number of ether oxygens (including phenoxy) is 2. The van der Waals surface area contributed by atoms with Crippen molar-refractivity contribution in [2.45, 2.75) is 187 Å². The fourth-order valence-corrected chi connectivity index (χ4v) is 6.06. The predicted molar refractivity (Wildman–Crippen MR) is 225 cm³/mol. The molecule has 50 heavy (non-hydrogen) atoms. The van der Waals surface area contributed by atoms with Gasteiger partial charge in [0.25, 0.3) is 0 Å². The molecule has 0 radical (unpaired) electrons. The first kappa shape index (κ1) is 48.8. The van der Waals surface area contributed by atoms with Gasteiger partial charge < -0.3 is 19.3 Å². The molecule has 1 unspecified atom stereocenters. The lowest BCUT2D eigenvalue weighted by Gasteiger charge is -2.25. The van der Waals surface area contributed by atoms with Gasteiger partial charge in [0.1, 0.15) is 0 Å². The molecular weight excluding hydrogens is 613 g/mol. The minimum Gasteiger partial charge on any atom is -0.379 e. The van der Waals surface area contributed by atoms with E-state index in [2.05, 4.69) is 93.3 Å². The molecular formula is C46H88N2O2. The highest BCUT2D eigenvalue weighted by Gasteiger charge is 2.12. The molecule has 0 aromatic rings. The van der Waals surface area contributed by atoms with Gasteiger partial charge in [-0.05, 0) is 104 Å². The molecule has 0 N–H and O–H groups in total. The van der Waals surface area contributed by atoms with Crippen LogP contribution in [0.2, 0.25) is 0 Å². The standard InChI is InChI=1S/C46H88N2O2/c1-6-9-11-13-15-17-19-21-23-25-27-29-31-33-35-37-43-49-45-46(39-40-48(8-3)42-41-47(4)5)50-44-38-36-34-32-30-28-26-24-22-20-18-16-14-12-10-7-2/h15-18,21-24,46H,6-14,19-20,25-45H2,1-5H3. The molecule has 4 nitrogen and oxygen atoms in total. The predicted octanol–water partition coefficient (Wildman–Crippen LogP) is 13.3. The van der Waals surface area contributed by atoms with E-state index in [0.717, 1.165) is 65.3 Å². The molecule has 0 rings (SSSR count). The molecule has 294 valence electrons. The zero-order valence-electron chi connectivity index (χ0n) is 34.5. The van der Waals surface area contributed by atoms with Crippen LogP contribution in [0.1, 0.15) is 181 Å². The van der Waals surface area contributed by atoms with Crippen LogP contribution in [0.25, 0.3) is 0 Å². The van der Waals surface area contributed by atoms with Gasteiger partial charge in [-0.1, -0.05) is 146 Å². The summed E-state index contributed by atoms with van der Waals surface area (Å²) in [7, 11) is 4.32. The Morgan fingerprint density at radius 1 is 0.460 bits per heavy atom. The Morgan fingerprint density at radius 3 is 1.36 bits per heavy atom. The Hall–Kier alpha value is -1.20. The Kier molecular flexibility index (Phi) is 41.2. The van der Waals surface area contributed by atoms with Crippen molar-refractivity contribution in [1.82, 2.24) is 9.80 Å². The highest BCUT2D eigenvalue weighted by atomic mass is 16.5. The molecule has 4 heteroatoms. The normalized spacial score (nSPS) is 13.2. The maximum absolute atomic E-state index is 6.43. The molecule has 0 aromatic carbocycles. The van der Waals surface area contributed by atoms with E-state index in [1.165, 1.54) is 141 Å². The van der Waals surface area contributed by atoms with Crippen molar-refractivity contribution in [3.05, 3.63) is 48.6 Å². The summed E-state index contributed by atoms with van der Waals surface area (Å²) < 4.78 is 12.6. The topological polar surface area (TPSA) is 24.9 Å². The maximum atomic E-state index is 6.43. The van der Waals surface area contributed by atoms with E-state index in [9.17, 15) is 0 Å². The van der Waals surface area contributed by atoms with Gasteiger partial charge in [0.15, 0.2) is 0 Å². The van der Waals surface area contributed by atoms with Gasteiger partial charge in [-0.2, -0.15) is 0 Å². The third-order valence-electron chi connectivity index (χ3n) is 9.57. The van der Waals surface area contributed by atoms with Crippen LogP contribution in [0.15, 0.2) is 48.6 Å². The molecule has 0 aliphatic carbocycles. The number of rotatable bonds is 40. The van der Waals surface area contributed by atoms with E-state index in [0.29, 0.717) is 0 Å². The molecule has 0 aliphatic rings. The number of likely N-dealkylation sites (N-methyl/N-ethyl adjacent to an activating group) is 2. The number of nitrogens with zero attached hydrogens (tertiary/aromatic N) is 2. The van der Waals surface area contributed by atoms with Gasteiger partial charge in [-0.25, -0.2) is 0 Å². The van der Waals surface area contributed by atoms with Crippen LogP contribution in [0.4, 0.5) is 0 Å². The van der Waals surface area contributed by atoms with Crippen LogP contribution in [-0.4, -0.2) is 76.0 Å². The van der Waals surface area contributed by atoms with Crippen molar-refractivity contribution in [1.29, 1.82) is 0 Å². The lowest BCUT2D eigenvalue weighted by Crippen LogP contribution is -2.35. The average molecular weight is 701 g/mol. The van der Waals surface area contributed by atoms with Crippen molar-refractivity contribution in [2.24, 2.45) is 0 Å². The van der Waals surface area contributed by atoms with Crippen molar-refractivity contribution in [3.8, 4) is 0 Å². The Labute approximate surface area is 314 Å². The summed E-state index contributed by atoms with van der Waals surface area (Å²) in [6.45, 7) is 13.7. The zero-order valence-corrected chi connectivity index (χ0v) is 34.5. The van der Waals surface area contributed by atoms with Gasteiger partial charge >= 0.3 is 0 Å². The summed E-state index contributed by atoms with van der Waals surface area (Å²) in [5.74, 6) is 0. The van der Waals surface area contributed by atoms with Crippen LogP contribution < -0.4 is 0 Å². The van der Waals surface area contributed by atoms with E-state index in [-0.39, 0.29) is 6.10 Å². The van der Waals surface area contributed by atoms with Crippen LogP contribution >= 0.6 is 0 Å². The number of allylic oxidation sites excluding steroid dienone is 8. The Balaban J connectivity index is 4.03. The SMILES string of the molecule is CCCCCC=CCC=CCCCCCCCCOCC(CCN(CC)CCN(C)C)OCCCCCCCCC=CCC=CCCCCC. The summed E-state index contributed by atoms with van der Waals surface area (Å²) in [5, 5.41) is 0. The second kappa shape index (κ2) is 42.2. The van der Waals surface area contributed by atoms with Crippen molar-refractivity contribution in [2.75, 3.05) is 60.1 Å². The minimum absolute atomic E-state index is 0.214. The number of hydrogen-bond acceptors (Lipinski definition) is 4. The average Bonchev–Trinajstić information content (AvgIpc) is 3.11. The zero-order chi connectivity index (χ0) is 36.4. The second-order valence-corrected chi connectivity index (χ2v) is 14.8. The maximum Gasteiger partial charge on any atom is 0.0820 e. The van der Waals surface area contributed by atoms with Crippen LogP contribution in [0, 0.1) is 0 Å². The minimum atomic E-state index is 0.214. The number of unbranched alkanes of at least 4 members (excludes halogenated alkanes) is 18. The second-order valence-electron chi connectivity index (χ2n) is 14.8. The van der Waals surface area contributed by atoms with E-state index in [1.807, 2.05) is 0 Å². The van der Waals surface area contributed by atoms with Crippen molar-refractivity contribution < 1.29 is 9.47 Å². The van der Waals surface area contributed by atoms with Gasteiger partial charge in [0.2, 0.25) is 0 Å². The van der Waals surface area contributed by atoms with Crippen molar-refractivity contribution >= 4 is 0 Å². The Morgan fingerprint density at radius 2 is 0.900 bits per heavy atom. The molecule has 0 saturated heterocycles.